The maximum Gasteiger partial charge on any atom is 0.231 e. The second kappa shape index (κ2) is 6.88. The van der Waals surface area contributed by atoms with Gasteiger partial charge in [0, 0.05) is 24.6 Å². The fourth-order valence-electron chi connectivity index (χ4n) is 3.60. The molecule has 0 radical (unpaired) electrons. The van der Waals surface area contributed by atoms with Gasteiger partial charge in [-0.2, -0.15) is 0 Å². The smallest absolute Gasteiger partial charge is 0.231 e. The molecule has 2 aromatic rings. The van der Waals surface area contributed by atoms with Gasteiger partial charge in [0.15, 0.2) is 17.3 Å². The van der Waals surface area contributed by atoms with Crippen LogP contribution in [0.3, 0.4) is 0 Å². The van der Waals surface area contributed by atoms with E-state index in [1.807, 2.05) is 19.2 Å². The van der Waals surface area contributed by atoms with Crippen molar-refractivity contribution in [2.45, 2.75) is 18.9 Å². The van der Waals surface area contributed by atoms with Crippen LogP contribution in [0.25, 0.3) is 6.08 Å². The van der Waals surface area contributed by atoms with Crippen LogP contribution in [0.4, 0.5) is 0 Å². The molecule has 0 spiro atoms. The minimum atomic E-state index is -0.0723. The molecule has 0 fully saturated rings. The zero-order valence-corrected chi connectivity index (χ0v) is 14.9. The fraction of sp³-hybridized carbons (Fsp3) is 0.350. The van der Waals surface area contributed by atoms with Gasteiger partial charge < -0.3 is 18.6 Å². The van der Waals surface area contributed by atoms with Gasteiger partial charge >= 0.3 is 0 Å². The molecule has 1 aromatic carbocycles. The van der Waals surface area contributed by atoms with Crippen LogP contribution >= 0.6 is 0 Å². The van der Waals surface area contributed by atoms with Gasteiger partial charge in [-0.05, 0) is 49.4 Å². The summed E-state index contributed by atoms with van der Waals surface area (Å²) < 4.78 is 22.0. The van der Waals surface area contributed by atoms with Crippen molar-refractivity contribution in [3.05, 3.63) is 47.4 Å². The number of furan rings is 1. The van der Waals surface area contributed by atoms with Gasteiger partial charge in [0.1, 0.15) is 5.76 Å². The predicted molar refractivity (Wildman–Crippen MR) is 95.6 cm³/mol. The molecule has 1 aromatic heterocycles. The molecular weight excluding hydrogens is 334 g/mol. The summed E-state index contributed by atoms with van der Waals surface area (Å²) in [6.45, 7) is 1.07. The summed E-state index contributed by atoms with van der Waals surface area (Å²) in [6, 6.07) is 5.55. The van der Waals surface area contributed by atoms with Crippen LogP contribution in [0.5, 0.6) is 17.2 Å². The van der Waals surface area contributed by atoms with Crippen molar-refractivity contribution in [1.29, 1.82) is 0 Å². The van der Waals surface area contributed by atoms with Crippen molar-refractivity contribution >= 4 is 11.9 Å². The normalized spacial score (nSPS) is 18.9. The molecule has 3 heterocycles. The number of rotatable bonds is 5. The van der Waals surface area contributed by atoms with E-state index in [4.69, 9.17) is 18.6 Å². The summed E-state index contributed by atoms with van der Waals surface area (Å²) in [4.78, 5) is 14.7. The van der Waals surface area contributed by atoms with Crippen molar-refractivity contribution < 1.29 is 23.4 Å². The SMILES string of the molecule is COc1c2c(cc3c1[C@@H](CC(=O)C=Cc1ccco1)N(C)CC3)OCO2. The Morgan fingerprint density at radius 1 is 1.42 bits per heavy atom. The predicted octanol–water partition coefficient (Wildman–Crippen LogP) is 3.22. The van der Waals surface area contributed by atoms with E-state index in [1.54, 1.807) is 31.6 Å². The monoisotopic (exact) mass is 355 g/mol. The maximum atomic E-state index is 12.5. The molecule has 136 valence electrons. The van der Waals surface area contributed by atoms with Gasteiger partial charge in [-0.15, -0.1) is 0 Å². The number of fused-ring (bicyclic) bond motifs is 2. The largest absolute Gasteiger partial charge is 0.492 e. The lowest BCUT2D eigenvalue weighted by Gasteiger charge is -2.35. The molecular formula is C20H21NO5. The minimum Gasteiger partial charge on any atom is -0.492 e. The van der Waals surface area contributed by atoms with Gasteiger partial charge in [-0.25, -0.2) is 0 Å². The number of ether oxygens (including phenoxy) is 3. The molecule has 6 nitrogen and oxygen atoms in total. The van der Waals surface area contributed by atoms with Crippen LogP contribution in [-0.2, 0) is 11.2 Å². The highest BCUT2D eigenvalue weighted by molar-refractivity contribution is 5.93. The van der Waals surface area contributed by atoms with Gasteiger partial charge in [0.05, 0.1) is 13.4 Å². The van der Waals surface area contributed by atoms with E-state index in [9.17, 15) is 4.79 Å². The van der Waals surface area contributed by atoms with E-state index < -0.39 is 0 Å². The number of methoxy groups -OCH3 is 1. The summed E-state index contributed by atoms with van der Waals surface area (Å²) in [7, 11) is 3.66. The number of likely N-dealkylation sites (N-methyl/N-ethyl adjacent to an activating group) is 1. The van der Waals surface area contributed by atoms with Gasteiger partial charge in [-0.3, -0.25) is 9.69 Å². The summed E-state index contributed by atoms with van der Waals surface area (Å²) in [5.41, 5.74) is 2.17. The third-order valence-corrected chi connectivity index (χ3v) is 4.92. The number of benzene rings is 1. The molecule has 0 aliphatic carbocycles. The molecule has 2 aliphatic rings. The van der Waals surface area contributed by atoms with Crippen molar-refractivity contribution in [2.75, 3.05) is 27.5 Å². The highest BCUT2D eigenvalue weighted by Gasteiger charge is 2.34. The molecule has 0 saturated heterocycles. The first-order valence-electron chi connectivity index (χ1n) is 8.61. The quantitative estimate of drug-likeness (QED) is 0.768. The van der Waals surface area contributed by atoms with E-state index in [1.165, 1.54) is 0 Å². The number of ketones is 1. The van der Waals surface area contributed by atoms with Gasteiger partial charge in [0.2, 0.25) is 12.5 Å². The summed E-state index contributed by atoms with van der Waals surface area (Å²) in [6.07, 6.45) is 6.09. The van der Waals surface area contributed by atoms with E-state index >= 15 is 0 Å². The van der Waals surface area contributed by atoms with Gasteiger partial charge in [0.25, 0.3) is 0 Å². The Labute approximate surface area is 151 Å². The zero-order chi connectivity index (χ0) is 18.1. The molecule has 1 atom stereocenters. The summed E-state index contributed by atoms with van der Waals surface area (Å²) >= 11 is 0. The highest BCUT2D eigenvalue weighted by Crippen LogP contribution is 2.50. The van der Waals surface area contributed by atoms with E-state index in [0.717, 1.165) is 24.1 Å². The lowest BCUT2D eigenvalue weighted by Crippen LogP contribution is -2.33. The van der Waals surface area contributed by atoms with Crippen molar-refractivity contribution in [1.82, 2.24) is 4.90 Å². The van der Waals surface area contributed by atoms with Crippen LogP contribution in [0.15, 0.2) is 35.0 Å². The Kier molecular flexibility index (Phi) is 4.42. The zero-order valence-electron chi connectivity index (χ0n) is 14.9. The van der Waals surface area contributed by atoms with Crippen LogP contribution in [0, 0.1) is 0 Å². The van der Waals surface area contributed by atoms with Crippen LogP contribution < -0.4 is 14.2 Å². The Morgan fingerprint density at radius 2 is 2.31 bits per heavy atom. The lowest BCUT2D eigenvalue weighted by atomic mass is 9.88. The van der Waals surface area contributed by atoms with E-state index in [2.05, 4.69) is 4.90 Å². The van der Waals surface area contributed by atoms with Gasteiger partial charge in [-0.1, -0.05) is 0 Å². The van der Waals surface area contributed by atoms with Crippen LogP contribution in [0.1, 0.15) is 29.3 Å². The molecule has 6 heteroatoms. The first kappa shape index (κ1) is 16.7. The number of carbonyl (C=O) groups is 1. The molecule has 2 aliphatic heterocycles. The maximum absolute atomic E-state index is 12.5. The van der Waals surface area contributed by atoms with E-state index in [0.29, 0.717) is 29.4 Å². The Bertz CT molecular complexity index is 840. The van der Waals surface area contributed by atoms with Crippen LogP contribution in [0.2, 0.25) is 0 Å². The molecule has 4 rings (SSSR count). The fourth-order valence-corrected chi connectivity index (χ4v) is 3.60. The topological polar surface area (TPSA) is 61.1 Å². The molecule has 0 amide bonds. The summed E-state index contributed by atoms with van der Waals surface area (Å²) in [5.74, 6) is 2.72. The second-order valence-corrected chi connectivity index (χ2v) is 6.48. The molecule has 26 heavy (non-hydrogen) atoms. The van der Waals surface area contributed by atoms with Crippen molar-refractivity contribution in [3.63, 3.8) is 0 Å². The first-order valence-corrected chi connectivity index (χ1v) is 8.61. The third kappa shape index (κ3) is 2.97. The molecule has 0 bridgehead atoms. The Morgan fingerprint density at radius 3 is 3.08 bits per heavy atom. The number of hydrogen-bond donors (Lipinski definition) is 0. The van der Waals surface area contributed by atoms with Crippen molar-refractivity contribution in [3.8, 4) is 17.2 Å². The molecule has 0 N–H and O–H groups in total. The average molecular weight is 355 g/mol. The Hall–Kier alpha value is -2.73. The van der Waals surface area contributed by atoms with Crippen molar-refractivity contribution in [2.24, 2.45) is 0 Å². The third-order valence-electron chi connectivity index (χ3n) is 4.92. The lowest BCUT2D eigenvalue weighted by molar-refractivity contribution is -0.115. The number of nitrogens with zero attached hydrogens (tertiary/aromatic N) is 1. The number of carbonyl (C=O) groups excluding carboxylic acids is 1. The number of hydrogen-bond acceptors (Lipinski definition) is 6. The first-order chi connectivity index (χ1) is 12.7. The highest BCUT2D eigenvalue weighted by atomic mass is 16.7. The number of allylic oxidation sites excluding steroid dienone is 1. The summed E-state index contributed by atoms with van der Waals surface area (Å²) in [5, 5.41) is 0. The molecule has 0 saturated carbocycles. The Balaban J connectivity index is 1.64. The average Bonchev–Trinajstić information content (AvgIpc) is 3.32. The molecule has 0 unspecified atom stereocenters. The van der Waals surface area contributed by atoms with Crippen LogP contribution in [-0.4, -0.2) is 38.2 Å². The second-order valence-electron chi connectivity index (χ2n) is 6.48. The minimum absolute atomic E-state index is 0.0332. The standard InChI is InChI=1S/C20H21NO5/c1-21-8-7-13-10-17-19(26-12-25-17)20(23-2)18(13)16(21)11-14(22)5-6-15-4-3-9-24-15/h3-6,9-10,16H,7-8,11-12H2,1-2H3/t16-/m1/s1. The van der Waals surface area contributed by atoms with E-state index in [-0.39, 0.29) is 18.6 Å².